The van der Waals surface area contributed by atoms with Crippen molar-refractivity contribution < 1.29 is 4.79 Å². The fraction of sp³-hybridized carbons (Fsp3) is 0.643. The molecule has 110 valence electrons. The van der Waals surface area contributed by atoms with Gasteiger partial charge in [0.1, 0.15) is 5.82 Å². The fourth-order valence-corrected chi connectivity index (χ4v) is 3.42. The molecule has 0 spiro atoms. The van der Waals surface area contributed by atoms with E-state index in [0.717, 1.165) is 31.6 Å². The summed E-state index contributed by atoms with van der Waals surface area (Å²) in [6, 6.07) is 1.73. The van der Waals surface area contributed by atoms with Gasteiger partial charge in [-0.3, -0.25) is 4.79 Å². The van der Waals surface area contributed by atoms with E-state index in [2.05, 4.69) is 23.8 Å². The normalized spacial score (nSPS) is 16.7. The number of nitrogens with zero attached hydrogens (tertiary/aromatic N) is 3. The van der Waals surface area contributed by atoms with Crippen molar-refractivity contribution in [3.05, 3.63) is 11.8 Å². The van der Waals surface area contributed by atoms with Gasteiger partial charge in [-0.1, -0.05) is 25.6 Å². The first-order valence-electron chi connectivity index (χ1n) is 7.04. The Morgan fingerprint density at radius 2 is 2.00 bits per heavy atom. The van der Waals surface area contributed by atoms with E-state index in [9.17, 15) is 4.79 Å². The smallest absolute Gasteiger partial charge is 0.236 e. The maximum atomic E-state index is 12.6. The van der Waals surface area contributed by atoms with Gasteiger partial charge >= 0.3 is 0 Å². The zero-order chi connectivity index (χ0) is 14.7. The maximum absolute atomic E-state index is 12.6. The number of carbonyl (C=O) groups excluding carboxylic acids is 1. The summed E-state index contributed by atoms with van der Waals surface area (Å²) in [6.45, 7) is 7.75. The monoisotopic (exact) mass is 294 g/mol. The Kier molecular flexibility index (Phi) is 4.86. The molecule has 1 saturated heterocycles. The number of nitrogens with two attached hydrogens (primary N) is 1. The molecule has 1 amide bonds. The highest BCUT2D eigenvalue weighted by atomic mass is 32.2. The first-order valence-corrected chi connectivity index (χ1v) is 7.92. The summed E-state index contributed by atoms with van der Waals surface area (Å²) < 4.78 is 0. The summed E-state index contributed by atoms with van der Waals surface area (Å²) >= 11 is 1.43. The van der Waals surface area contributed by atoms with Crippen LogP contribution in [-0.4, -0.2) is 39.1 Å². The quantitative estimate of drug-likeness (QED) is 0.680. The van der Waals surface area contributed by atoms with Crippen LogP contribution in [0.1, 0.15) is 32.4 Å². The molecule has 1 aromatic heterocycles. The number of anilines is 1. The number of hydrogen-bond acceptors (Lipinski definition) is 5. The standard InChI is InChI=1S/C14H22N4OS/c1-9(2)12(13(19)18-6-4-5-7-18)20-14-16-10(3)8-11(15)17-14/h8-9,12H,4-7H2,1-3H3,(H2,15,16,17). The van der Waals surface area contributed by atoms with Gasteiger partial charge in [0.2, 0.25) is 5.91 Å². The third-order valence-electron chi connectivity index (χ3n) is 3.35. The Morgan fingerprint density at radius 1 is 1.35 bits per heavy atom. The van der Waals surface area contributed by atoms with Crippen LogP contribution in [0.3, 0.4) is 0 Å². The summed E-state index contributed by atoms with van der Waals surface area (Å²) in [4.78, 5) is 23.1. The van der Waals surface area contributed by atoms with Crippen molar-refractivity contribution in [1.82, 2.24) is 14.9 Å². The number of nitrogen functional groups attached to an aromatic ring is 1. The molecule has 0 radical (unpaired) electrons. The maximum Gasteiger partial charge on any atom is 0.236 e. The van der Waals surface area contributed by atoms with E-state index in [0.29, 0.717) is 11.0 Å². The van der Waals surface area contributed by atoms with Crippen LogP contribution >= 0.6 is 11.8 Å². The van der Waals surface area contributed by atoms with Gasteiger partial charge in [-0.2, -0.15) is 0 Å². The average Bonchev–Trinajstić information content (AvgIpc) is 2.87. The van der Waals surface area contributed by atoms with Crippen molar-refractivity contribution in [3.63, 3.8) is 0 Å². The van der Waals surface area contributed by atoms with Crippen molar-refractivity contribution in [2.45, 2.75) is 44.0 Å². The molecule has 0 aliphatic carbocycles. The lowest BCUT2D eigenvalue weighted by atomic mass is 10.1. The van der Waals surface area contributed by atoms with Crippen LogP contribution in [0.5, 0.6) is 0 Å². The highest BCUT2D eigenvalue weighted by Crippen LogP contribution is 2.29. The third kappa shape index (κ3) is 3.62. The Labute approximate surface area is 124 Å². The highest BCUT2D eigenvalue weighted by molar-refractivity contribution is 8.00. The van der Waals surface area contributed by atoms with E-state index in [4.69, 9.17) is 5.73 Å². The van der Waals surface area contributed by atoms with Crippen LogP contribution in [0, 0.1) is 12.8 Å². The largest absolute Gasteiger partial charge is 0.384 e. The van der Waals surface area contributed by atoms with E-state index < -0.39 is 0 Å². The molecule has 2 heterocycles. The topological polar surface area (TPSA) is 72.1 Å². The first-order chi connectivity index (χ1) is 9.47. The number of thioether (sulfide) groups is 1. The highest BCUT2D eigenvalue weighted by Gasteiger charge is 2.30. The molecular weight excluding hydrogens is 272 g/mol. The lowest BCUT2D eigenvalue weighted by Gasteiger charge is -2.24. The number of likely N-dealkylation sites (tertiary alicyclic amines) is 1. The predicted octanol–water partition coefficient (Wildman–Crippen LogP) is 2.11. The number of rotatable bonds is 4. The molecule has 1 fully saturated rings. The van der Waals surface area contributed by atoms with Gasteiger partial charge in [-0.25, -0.2) is 9.97 Å². The van der Waals surface area contributed by atoms with E-state index >= 15 is 0 Å². The minimum atomic E-state index is -0.144. The number of hydrogen-bond donors (Lipinski definition) is 1. The second kappa shape index (κ2) is 6.43. The molecule has 1 unspecified atom stereocenters. The van der Waals surface area contributed by atoms with Crippen LogP contribution < -0.4 is 5.73 Å². The summed E-state index contributed by atoms with van der Waals surface area (Å²) in [5.74, 6) is 0.890. The molecule has 1 aliphatic rings. The molecule has 0 bridgehead atoms. The number of aryl methyl sites for hydroxylation is 1. The molecule has 0 aromatic carbocycles. The predicted molar refractivity (Wildman–Crippen MR) is 81.5 cm³/mol. The third-order valence-corrected chi connectivity index (χ3v) is 4.75. The van der Waals surface area contributed by atoms with Crippen LogP contribution in [0.4, 0.5) is 5.82 Å². The Hall–Kier alpha value is -1.30. The van der Waals surface area contributed by atoms with Gasteiger partial charge in [0.25, 0.3) is 0 Å². The van der Waals surface area contributed by atoms with Crippen molar-refractivity contribution in [3.8, 4) is 0 Å². The zero-order valence-corrected chi connectivity index (χ0v) is 13.1. The molecule has 6 heteroatoms. The molecular formula is C14H22N4OS. The van der Waals surface area contributed by atoms with E-state index in [-0.39, 0.29) is 17.1 Å². The van der Waals surface area contributed by atoms with Gasteiger partial charge in [0.05, 0.1) is 5.25 Å². The molecule has 1 atom stereocenters. The summed E-state index contributed by atoms with van der Waals surface area (Å²) in [6.07, 6.45) is 2.21. The summed E-state index contributed by atoms with van der Waals surface area (Å²) in [5.41, 5.74) is 6.58. The Bertz CT molecular complexity index is 466. The second-order valence-corrected chi connectivity index (χ2v) is 6.64. The van der Waals surface area contributed by atoms with E-state index in [1.165, 1.54) is 11.8 Å². The number of carbonyl (C=O) groups is 1. The Balaban J connectivity index is 2.14. The zero-order valence-electron chi connectivity index (χ0n) is 12.3. The van der Waals surface area contributed by atoms with Crippen LogP contribution in [0.15, 0.2) is 11.2 Å². The van der Waals surface area contributed by atoms with Gasteiger partial charge in [0, 0.05) is 24.8 Å². The van der Waals surface area contributed by atoms with Crippen LogP contribution in [0.25, 0.3) is 0 Å². The van der Waals surface area contributed by atoms with E-state index in [1.54, 1.807) is 6.07 Å². The molecule has 1 aromatic rings. The number of aromatic nitrogens is 2. The van der Waals surface area contributed by atoms with Crippen molar-refractivity contribution in [1.29, 1.82) is 0 Å². The van der Waals surface area contributed by atoms with Gasteiger partial charge in [-0.15, -0.1) is 0 Å². The van der Waals surface area contributed by atoms with Gasteiger partial charge in [-0.05, 0) is 25.7 Å². The number of amides is 1. The molecule has 1 aliphatic heterocycles. The fourth-order valence-electron chi connectivity index (χ4n) is 2.32. The van der Waals surface area contributed by atoms with Crippen molar-refractivity contribution in [2.24, 2.45) is 5.92 Å². The molecule has 5 nitrogen and oxygen atoms in total. The second-order valence-electron chi connectivity index (χ2n) is 5.53. The summed E-state index contributed by atoms with van der Waals surface area (Å²) in [7, 11) is 0. The minimum absolute atomic E-state index is 0.144. The van der Waals surface area contributed by atoms with Gasteiger partial charge < -0.3 is 10.6 Å². The Morgan fingerprint density at radius 3 is 2.55 bits per heavy atom. The van der Waals surface area contributed by atoms with Crippen LogP contribution in [0.2, 0.25) is 0 Å². The van der Waals surface area contributed by atoms with Crippen molar-refractivity contribution >= 4 is 23.5 Å². The lowest BCUT2D eigenvalue weighted by molar-refractivity contribution is -0.130. The molecule has 2 N–H and O–H groups in total. The van der Waals surface area contributed by atoms with E-state index in [1.807, 2.05) is 11.8 Å². The SMILES string of the molecule is Cc1cc(N)nc(SC(C(=O)N2CCCC2)C(C)C)n1. The molecule has 0 saturated carbocycles. The van der Waals surface area contributed by atoms with Crippen molar-refractivity contribution in [2.75, 3.05) is 18.8 Å². The first kappa shape index (κ1) is 15.1. The summed E-state index contributed by atoms with van der Waals surface area (Å²) in [5, 5.41) is 0.447. The lowest BCUT2D eigenvalue weighted by Crippen LogP contribution is -2.38. The molecule has 20 heavy (non-hydrogen) atoms. The molecule has 2 rings (SSSR count). The average molecular weight is 294 g/mol. The van der Waals surface area contributed by atoms with Gasteiger partial charge in [0.15, 0.2) is 5.16 Å². The minimum Gasteiger partial charge on any atom is -0.384 e. The van der Waals surface area contributed by atoms with Crippen LogP contribution in [-0.2, 0) is 4.79 Å².